The van der Waals surface area contributed by atoms with E-state index in [1.54, 1.807) is 22.2 Å². The van der Waals surface area contributed by atoms with Crippen LogP contribution in [-0.4, -0.2) is 104 Å². The first kappa shape index (κ1) is 44.4. The van der Waals surface area contributed by atoms with Crippen LogP contribution in [0.3, 0.4) is 0 Å². The molecule has 3 saturated heterocycles. The summed E-state index contributed by atoms with van der Waals surface area (Å²) >= 11 is 1.27. The second-order valence-corrected chi connectivity index (χ2v) is 19.7. The molecule has 1 aromatic heterocycles. The molecule has 3 fully saturated rings. The highest BCUT2D eigenvalue weighted by Crippen LogP contribution is 2.37. The molecule has 1 amide bonds. The van der Waals surface area contributed by atoms with Crippen LogP contribution < -0.4 is 0 Å². The summed E-state index contributed by atoms with van der Waals surface area (Å²) in [6.45, 7) is 8.34. The Morgan fingerprint density at radius 2 is 1.45 bits per heavy atom. The number of piperazine rings is 1. The fourth-order valence-corrected chi connectivity index (χ4v) is 11.8. The molecular weight excluding hydrogens is 813 g/mol. The van der Waals surface area contributed by atoms with E-state index in [0.717, 1.165) is 67.8 Å². The number of thiophene rings is 1. The van der Waals surface area contributed by atoms with E-state index >= 15 is 4.39 Å². The Morgan fingerprint density at radius 3 is 2.12 bits per heavy atom. The van der Waals surface area contributed by atoms with Crippen molar-refractivity contribution < 1.29 is 35.5 Å². The molecule has 4 aromatic rings. The first-order valence-corrected chi connectivity index (χ1v) is 23.5. The molecule has 0 bridgehead atoms. The SMILES string of the molecule is CCC(C)(F)c1cc(C(=O)N2CCC(N3CCN(C4CCCN(S(=O)(=O)c5cc(CCOCc6ccccc6)cs5)C4)CC3)CC2Cc2ccccc2)cc(C(F)(F)F)c1. The maximum atomic E-state index is 15.5. The van der Waals surface area contributed by atoms with Crippen molar-refractivity contribution in [2.45, 2.75) is 99.6 Å². The van der Waals surface area contributed by atoms with E-state index in [2.05, 4.69) is 9.80 Å². The van der Waals surface area contributed by atoms with Gasteiger partial charge >= 0.3 is 6.18 Å². The number of ether oxygens (including phenoxy) is 1. The lowest BCUT2D eigenvalue weighted by molar-refractivity contribution is -0.137. The molecule has 7 rings (SSSR count). The van der Waals surface area contributed by atoms with Gasteiger partial charge < -0.3 is 9.64 Å². The summed E-state index contributed by atoms with van der Waals surface area (Å²) in [6.07, 6.45) is -0.538. The first-order valence-electron chi connectivity index (χ1n) is 21.1. The van der Waals surface area contributed by atoms with E-state index in [1.165, 1.54) is 24.3 Å². The molecule has 4 atom stereocenters. The van der Waals surface area contributed by atoms with Crippen LogP contribution in [-0.2, 0) is 46.1 Å². The van der Waals surface area contributed by atoms with Crippen LogP contribution in [0.5, 0.6) is 0 Å². The van der Waals surface area contributed by atoms with Crippen LogP contribution in [0.1, 0.15) is 84.1 Å². The standard InChI is InChI=1S/C46H56F4N4O4S2/c1-3-45(2,47)38-27-37(28-39(29-38)46(48,49)50)44(55)54-19-16-40(30-42(54)25-34-11-6-4-7-12-34)51-20-22-52(23-21-51)41-15-10-18-53(31-41)60(56,57)43-26-36(33-59-43)17-24-58-32-35-13-8-5-9-14-35/h4-9,11-14,26-29,33,40-42H,3,10,15-25,30-32H2,1-2H3. The summed E-state index contributed by atoms with van der Waals surface area (Å²) < 4.78 is 93.2. The summed E-state index contributed by atoms with van der Waals surface area (Å²) in [5, 5.41) is 1.92. The molecule has 14 heteroatoms. The number of rotatable bonds is 14. The zero-order chi connectivity index (χ0) is 42.5. The number of carbonyl (C=O) groups is 1. The van der Waals surface area contributed by atoms with Crippen molar-refractivity contribution in [3.8, 4) is 0 Å². The molecule has 324 valence electrons. The molecule has 4 heterocycles. The quantitative estimate of drug-likeness (QED) is 0.0933. The highest BCUT2D eigenvalue weighted by Gasteiger charge is 2.40. The minimum atomic E-state index is -4.73. The van der Waals surface area contributed by atoms with Gasteiger partial charge in [0.05, 0.1) is 18.8 Å². The van der Waals surface area contributed by atoms with Crippen LogP contribution in [0, 0.1) is 0 Å². The van der Waals surface area contributed by atoms with Crippen molar-refractivity contribution in [3.63, 3.8) is 0 Å². The van der Waals surface area contributed by atoms with Gasteiger partial charge in [-0.05, 0) is 104 Å². The normalized spacial score (nSPS) is 22.4. The molecule has 3 aromatic carbocycles. The van der Waals surface area contributed by atoms with Gasteiger partial charge in [0, 0.05) is 69.5 Å². The van der Waals surface area contributed by atoms with E-state index in [9.17, 15) is 26.4 Å². The molecule has 3 aliphatic heterocycles. The lowest BCUT2D eigenvalue weighted by atomic mass is 9.88. The van der Waals surface area contributed by atoms with Gasteiger partial charge in [0.1, 0.15) is 9.88 Å². The zero-order valence-electron chi connectivity index (χ0n) is 34.5. The Labute approximate surface area is 356 Å². The second-order valence-electron chi connectivity index (χ2n) is 16.7. The molecule has 0 spiro atoms. The fourth-order valence-electron chi connectivity index (χ4n) is 8.90. The Kier molecular flexibility index (Phi) is 14.2. The molecule has 60 heavy (non-hydrogen) atoms. The maximum absolute atomic E-state index is 15.5. The molecular formula is C46H56F4N4O4S2. The van der Waals surface area contributed by atoms with Crippen LogP contribution >= 0.6 is 11.3 Å². The van der Waals surface area contributed by atoms with Gasteiger partial charge in [-0.2, -0.15) is 17.5 Å². The number of benzene rings is 3. The van der Waals surface area contributed by atoms with Gasteiger partial charge in [-0.15, -0.1) is 11.3 Å². The Balaban J connectivity index is 0.967. The predicted molar refractivity (Wildman–Crippen MR) is 227 cm³/mol. The molecule has 3 aliphatic rings. The Morgan fingerprint density at radius 1 is 0.800 bits per heavy atom. The van der Waals surface area contributed by atoms with E-state index in [0.29, 0.717) is 62.7 Å². The number of piperidine rings is 2. The van der Waals surface area contributed by atoms with Gasteiger partial charge in [0.25, 0.3) is 15.9 Å². The smallest absolute Gasteiger partial charge is 0.376 e. The predicted octanol–water partition coefficient (Wildman–Crippen LogP) is 8.81. The summed E-state index contributed by atoms with van der Waals surface area (Å²) in [7, 11) is -3.63. The topological polar surface area (TPSA) is 73.4 Å². The van der Waals surface area contributed by atoms with Crippen LogP contribution in [0.2, 0.25) is 0 Å². The van der Waals surface area contributed by atoms with Crippen molar-refractivity contribution in [1.29, 1.82) is 0 Å². The molecule has 0 saturated carbocycles. The summed E-state index contributed by atoms with van der Waals surface area (Å²) in [4.78, 5) is 20.8. The fraction of sp³-hybridized carbons (Fsp3) is 0.500. The minimum absolute atomic E-state index is 0.0295. The van der Waals surface area contributed by atoms with Crippen molar-refractivity contribution >= 4 is 27.3 Å². The highest BCUT2D eigenvalue weighted by atomic mass is 32.2. The van der Waals surface area contributed by atoms with Gasteiger partial charge in [-0.1, -0.05) is 67.6 Å². The monoisotopic (exact) mass is 868 g/mol. The van der Waals surface area contributed by atoms with Crippen LogP contribution in [0.4, 0.5) is 17.6 Å². The number of nitrogens with zero attached hydrogens (tertiary/aromatic N) is 4. The third-order valence-electron chi connectivity index (χ3n) is 12.6. The molecule has 4 unspecified atom stereocenters. The number of carbonyl (C=O) groups excluding carboxylic acids is 1. The van der Waals surface area contributed by atoms with E-state index in [4.69, 9.17) is 4.74 Å². The van der Waals surface area contributed by atoms with E-state index in [-0.39, 0.29) is 35.7 Å². The largest absolute Gasteiger partial charge is 0.416 e. The number of halogens is 4. The van der Waals surface area contributed by atoms with E-state index in [1.807, 2.05) is 66.0 Å². The summed E-state index contributed by atoms with van der Waals surface area (Å²) in [5.41, 5.74) is -0.251. The average molecular weight is 869 g/mol. The summed E-state index contributed by atoms with van der Waals surface area (Å²) in [6, 6.07) is 24.5. The van der Waals surface area contributed by atoms with Crippen molar-refractivity contribution in [1.82, 2.24) is 19.0 Å². The average Bonchev–Trinajstić information content (AvgIpc) is 3.75. The van der Waals surface area contributed by atoms with Crippen molar-refractivity contribution in [2.75, 3.05) is 52.4 Å². The highest BCUT2D eigenvalue weighted by molar-refractivity contribution is 7.91. The van der Waals surface area contributed by atoms with Crippen LogP contribution in [0.15, 0.2) is 94.5 Å². The van der Waals surface area contributed by atoms with Crippen molar-refractivity contribution in [3.05, 3.63) is 124 Å². The number of alkyl halides is 4. The molecule has 8 nitrogen and oxygen atoms in total. The second kappa shape index (κ2) is 19.2. The number of likely N-dealkylation sites (tertiary alicyclic amines) is 1. The van der Waals surface area contributed by atoms with Crippen LogP contribution in [0.25, 0.3) is 0 Å². The van der Waals surface area contributed by atoms with Crippen molar-refractivity contribution in [2.24, 2.45) is 0 Å². The number of hydrogen-bond donors (Lipinski definition) is 0. The third-order valence-corrected chi connectivity index (χ3v) is 16.0. The van der Waals surface area contributed by atoms with Gasteiger partial charge in [-0.25, -0.2) is 12.8 Å². The minimum Gasteiger partial charge on any atom is -0.376 e. The first-order chi connectivity index (χ1) is 28.7. The van der Waals surface area contributed by atoms with E-state index < -0.39 is 33.3 Å². The summed E-state index contributed by atoms with van der Waals surface area (Å²) in [5.74, 6) is -0.512. The molecule has 0 N–H and O–H groups in total. The zero-order valence-corrected chi connectivity index (χ0v) is 36.1. The third kappa shape index (κ3) is 10.7. The number of hydrogen-bond acceptors (Lipinski definition) is 7. The lowest BCUT2D eigenvalue weighted by Gasteiger charge is -2.48. The Bertz CT molecular complexity index is 2140. The van der Waals surface area contributed by atoms with Gasteiger partial charge in [0.15, 0.2) is 0 Å². The Hall–Kier alpha value is -3.66. The lowest BCUT2D eigenvalue weighted by Crippen LogP contribution is -2.59. The number of sulfonamides is 1. The van der Waals surface area contributed by atoms with Gasteiger partial charge in [0.2, 0.25) is 0 Å². The number of amides is 1. The molecule has 0 aliphatic carbocycles. The van der Waals surface area contributed by atoms with Gasteiger partial charge in [-0.3, -0.25) is 14.6 Å². The molecule has 0 radical (unpaired) electrons. The maximum Gasteiger partial charge on any atom is 0.416 e.